The predicted molar refractivity (Wildman–Crippen MR) is 88.4 cm³/mol. The fraction of sp³-hybridized carbons (Fsp3) is 0.500. The van der Waals surface area contributed by atoms with Gasteiger partial charge >= 0.3 is 0 Å². The lowest BCUT2D eigenvalue weighted by Gasteiger charge is -2.40. The van der Waals surface area contributed by atoms with Crippen LogP contribution in [0.1, 0.15) is 25.3 Å². The first-order valence-corrected chi connectivity index (χ1v) is 8.47. The molecule has 1 saturated carbocycles. The lowest BCUT2D eigenvalue weighted by atomic mass is 10.1. The van der Waals surface area contributed by atoms with Crippen molar-refractivity contribution in [1.29, 1.82) is 0 Å². The van der Waals surface area contributed by atoms with Crippen LogP contribution in [-0.4, -0.2) is 51.7 Å². The predicted octanol–water partition coefficient (Wildman–Crippen LogP) is 2.88. The minimum Gasteiger partial charge on any atom is -0.298 e. The maximum Gasteiger partial charge on any atom is 0.123 e. The Balaban J connectivity index is 1.48. The van der Waals surface area contributed by atoms with E-state index in [9.17, 15) is 4.39 Å². The van der Waals surface area contributed by atoms with E-state index in [4.69, 9.17) is 0 Å². The molecule has 0 bridgehead atoms. The number of aromatic amines is 1. The molecule has 2 fully saturated rings. The van der Waals surface area contributed by atoms with Gasteiger partial charge < -0.3 is 0 Å². The number of rotatable bonds is 4. The number of piperazine rings is 1. The summed E-state index contributed by atoms with van der Waals surface area (Å²) in [6.07, 6.45) is 4.62. The highest BCUT2D eigenvalue weighted by Gasteiger charge is 2.34. The summed E-state index contributed by atoms with van der Waals surface area (Å²) in [5, 5.41) is 7.22. The van der Waals surface area contributed by atoms with Crippen LogP contribution in [0, 0.1) is 5.82 Å². The monoisotopic (exact) mass is 314 g/mol. The Morgan fingerprint density at radius 1 is 1.30 bits per heavy atom. The highest BCUT2D eigenvalue weighted by atomic mass is 19.1. The van der Waals surface area contributed by atoms with Gasteiger partial charge in [-0.05, 0) is 31.9 Å². The lowest BCUT2D eigenvalue weighted by molar-refractivity contribution is 0.0731. The number of halogens is 1. The van der Waals surface area contributed by atoms with E-state index in [-0.39, 0.29) is 5.82 Å². The molecule has 0 radical (unpaired) electrons. The number of hydrogen-bond donors (Lipinski definition) is 1. The Kier molecular flexibility index (Phi) is 3.91. The molecule has 2 heterocycles. The summed E-state index contributed by atoms with van der Waals surface area (Å²) in [6, 6.07) is 8.08. The molecule has 1 aliphatic carbocycles. The number of nitrogens with zero attached hydrogens (tertiary/aromatic N) is 3. The van der Waals surface area contributed by atoms with Gasteiger partial charge in [0.1, 0.15) is 5.82 Å². The molecule has 1 aromatic heterocycles. The van der Waals surface area contributed by atoms with Crippen molar-refractivity contribution < 1.29 is 4.39 Å². The third kappa shape index (κ3) is 3.16. The lowest BCUT2D eigenvalue weighted by Crippen LogP contribution is -2.51. The van der Waals surface area contributed by atoms with Crippen LogP contribution in [0.15, 0.2) is 30.5 Å². The zero-order valence-corrected chi connectivity index (χ0v) is 13.5. The summed E-state index contributed by atoms with van der Waals surface area (Å²) in [4.78, 5) is 5.14. The summed E-state index contributed by atoms with van der Waals surface area (Å²) in [6.45, 7) is 6.56. The van der Waals surface area contributed by atoms with E-state index < -0.39 is 0 Å². The minimum atomic E-state index is -0.213. The molecule has 23 heavy (non-hydrogen) atoms. The Labute approximate surface area is 136 Å². The SMILES string of the molecule is CC1CN(C2CC2)CCN1Cc1cn[nH]c1-c1cccc(F)c1. The van der Waals surface area contributed by atoms with E-state index in [1.807, 2.05) is 12.3 Å². The molecule has 1 aromatic carbocycles. The molecular weight excluding hydrogens is 291 g/mol. The average molecular weight is 314 g/mol. The molecule has 2 aliphatic rings. The number of aromatic nitrogens is 2. The molecular formula is C18H23FN4. The van der Waals surface area contributed by atoms with Gasteiger partial charge in [0.25, 0.3) is 0 Å². The molecule has 1 saturated heterocycles. The summed E-state index contributed by atoms with van der Waals surface area (Å²) < 4.78 is 13.5. The van der Waals surface area contributed by atoms with Gasteiger partial charge in [-0.1, -0.05) is 12.1 Å². The van der Waals surface area contributed by atoms with E-state index in [1.165, 1.54) is 18.9 Å². The smallest absolute Gasteiger partial charge is 0.123 e. The second kappa shape index (κ2) is 6.06. The molecule has 1 atom stereocenters. The number of benzene rings is 1. The number of H-pyrrole nitrogens is 1. The summed E-state index contributed by atoms with van der Waals surface area (Å²) in [5.74, 6) is -0.213. The Morgan fingerprint density at radius 3 is 2.91 bits per heavy atom. The second-order valence-electron chi connectivity index (χ2n) is 6.83. The van der Waals surface area contributed by atoms with Gasteiger partial charge in [-0.15, -0.1) is 0 Å². The summed E-state index contributed by atoms with van der Waals surface area (Å²) in [5.41, 5.74) is 2.94. The molecule has 0 amide bonds. The number of hydrogen-bond acceptors (Lipinski definition) is 3. The van der Waals surface area contributed by atoms with Crippen LogP contribution in [0.5, 0.6) is 0 Å². The molecule has 5 heteroatoms. The Bertz CT molecular complexity index is 679. The van der Waals surface area contributed by atoms with Crippen LogP contribution < -0.4 is 0 Å². The van der Waals surface area contributed by atoms with Crippen molar-refractivity contribution in [3.8, 4) is 11.3 Å². The third-order valence-electron chi connectivity index (χ3n) is 5.06. The van der Waals surface area contributed by atoms with Crippen molar-refractivity contribution in [2.75, 3.05) is 19.6 Å². The molecule has 1 aliphatic heterocycles. The molecule has 1 N–H and O–H groups in total. The van der Waals surface area contributed by atoms with Gasteiger partial charge in [0.15, 0.2) is 0 Å². The molecule has 2 aromatic rings. The molecule has 4 nitrogen and oxygen atoms in total. The molecule has 1 unspecified atom stereocenters. The largest absolute Gasteiger partial charge is 0.298 e. The van der Waals surface area contributed by atoms with Crippen molar-refractivity contribution in [2.45, 2.75) is 38.4 Å². The van der Waals surface area contributed by atoms with Gasteiger partial charge in [0, 0.05) is 49.4 Å². The van der Waals surface area contributed by atoms with Crippen LogP contribution in [0.2, 0.25) is 0 Å². The third-order valence-corrected chi connectivity index (χ3v) is 5.06. The average Bonchev–Trinajstić information content (AvgIpc) is 3.29. The molecule has 4 rings (SSSR count). The fourth-order valence-electron chi connectivity index (χ4n) is 3.57. The van der Waals surface area contributed by atoms with E-state index in [1.54, 1.807) is 12.1 Å². The summed E-state index contributed by atoms with van der Waals surface area (Å²) in [7, 11) is 0. The Hall–Kier alpha value is -1.72. The standard InChI is InChI=1S/C18H23FN4/c1-13-11-23(17-5-6-17)8-7-22(13)12-15-10-20-21-18(15)14-3-2-4-16(19)9-14/h2-4,9-10,13,17H,5-8,11-12H2,1H3,(H,20,21). The first-order valence-electron chi connectivity index (χ1n) is 8.47. The highest BCUT2D eigenvalue weighted by Crippen LogP contribution is 2.30. The van der Waals surface area contributed by atoms with E-state index in [0.29, 0.717) is 6.04 Å². The van der Waals surface area contributed by atoms with Crippen molar-refractivity contribution >= 4 is 0 Å². The first kappa shape index (κ1) is 14.8. The van der Waals surface area contributed by atoms with Gasteiger partial charge in [-0.25, -0.2) is 4.39 Å². The van der Waals surface area contributed by atoms with Crippen molar-refractivity contribution in [3.63, 3.8) is 0 Å². The van der Waals surface area contributed by atoms with Gasteiger partial charge in [0.05, 0.1) is 11.9 Å². The number of nitrogens with one attached hydrogen (secondary N) is 1. The van der Waals surface area contributed by atoms with Crippen molar-refractivity contribution in [2.24, 2.45) is 0 Å². The van der Waals surface area contributed by atoms with Gasteiger partial charge in [0.2, 0.25) is 0 Å². The first-order chi connectivity index (χ1) is 11.2. The maximum absolute atomic E-state index is 13.5. The van der Waals surface area contributed by atoms with Crippen LogP contribution in [-0.2, 0) is 6.54 Å². The van der Waals surface area contributed by atoms with Crippen molar-refractivity contribution in [3.05, 3.63) is 41.8 Å². The van der Waals surface area contributed by atoms with Crippen LogP contribution in [0.25, 0.3) is 11.3 Å². The maximum atomic E-state index is 13.5. The quantitative estimate of drug-likeness (QED) is 0.942. The van der Waals surface area contributed by atoms with Gasteiger partial charge in [-0.2, -0.15) is 5.10 Å². The van der Waals surface area contributed by atoms with E-state index >= 15 is 0 Å². The van der Waals surface area contributed by atoms with Gasteiger partial charge in [-0.3, -0.25) is 14.9 Å². The highest BCUT2D eigenvalue weighted by molar-refractivity contribution is 5.62. The second-order valence-corrected chi connectivity index (χ2v) is 6.83. The van der Waals surface area contributed by atoms with E-state index in [2.05, 4.69) is 26.9 Å². The van der Waals surface area contributed by atoms with Crippen molar-refractivity contribution in [1.82, 2.24) is 20.0 Å². The molecule has 0 spiro atoms. The fourth-order valence-corrected chi connectivity index (χ4v) is 3.57. The van der Waals surface area contributed by atoms with Crippen LogP contribution in [0.3, 0.4) is 0 Å². The van der Waals surface area contributed by atoms with Crippen LogP contribution in [0.4, 0.5) is 4.39 Å². The van der Waals surface area contributed by atoms with E-state index in [0.717, 1.165) is 49.0 Å². The van der Waals surface area contributed by atoms with Crippen LogP contribution >= 0.6 is 0 Å². The summed E-state index contributed by atoms with van der Waals surface area (Å²) >= 11 is 0. The Morgan fingerprint density at radius 2 is 2.17 bits per heavy atom. The topological polar surface area (TPSA) is 35.2 Å². The normalized spacial score (nSPS) is 23.3. The molecule has 122 valence electrons. The zero-order valence-electron chi connectivity index (χ0n) is 13.5. The minimum absolute atomic E-state index is 0.213. The zero-order chi connectivity index (χ0) is 15.8.